The molecule has 8 heteroatoms. The lowest BCUT2D eigenvalue weighted by Gasteiger charge is -2.15. The van der Waals surface area contributed by atoms with Crippen molar-refractivity contribution < 1.29 is 23.1 Å². The van der Waals surface area contributed by atoms with Gasteiger partial charge in [-0.05, 0) is 19.1 Å². The van der Waals surface area contributed by atoms with Gasteiger partial charge in [-0.1, -0.05) is 0 Å². The second-order valence-corrected chi connectivity index (χ2v) is 3.53. The van der Waals surface area contributed by atoms with Crippen LogP contribution in [0.5, 0.6) is 5.75 Å². The van der Waals surface area contributed by atoms with E-state index in [0.29, 0.717) is 0 Å². The fourth-order valence-electron chi connectivity index (χ4n) is 1.09. The van der Waals surface area contributed by atoms with Gasteiger partial charge in [-0.3, -0.25) is 10.2 Å². The maximum Gasteiger partial charge on any atom is 0.333 e. The summed E-state index contributed by atoms with van der Waals surface area (Å²) in [4.78, 5) is 22.3. The van der Waals surface area contributed by atoms with Gasteiger partial charge in [0.2, 0.25) is 0 Å². The smallest absolute Gasteiger partial charge is 0.333 e. The SMILES string of the molecule is CNC(=O)NNC(=O)C(C)Oc1ccc(F)c(F)c1. The molecule has 1 unspecified atom stereocenters. The van der Waals surface area contributed by atoms with Gasteiger partial charge >= 0.3 is 6.03 Å². The number of carbonyl (C=O) groups excluding carboxylic acids is 2. The standard InChI is InChI=1S/C11H13F2N3O3/c1-6(10(17)15-16-11(18)14-2)19-7-3-4-8(12)9(13)5-7/h3-6H,1-2H3,(H,15,17)(H2,14,16,18). The topological polar surface area (TPSA) is 79.5 Å². The normalized spacial score (nSPS) is 11.4. The Morgan fingerprint density at radius 3 is 2.47 bits per heavy atom. The third-order valence-corrected chi connectivity index (χ3v) is 2.10. The first-order chi connectivity index (χ1) is 8.93. The van der Waals surface area contributed by atoms with Gasteiger partial charge in [-0.25, -0.2) is 19.0 Å². The average Bonchev–Trinajstić information content (AvgIpc) is 2.39. The van der Waals surface area contributed by atoms with Crippen molar-refractivity contribution in [3.8, 4) is 5.75 Å². The van der Waals surface area contributed by atoms with E-state index in [9.17, 15) is 18.4 Å². The van der Waals surface area contributed by atoms with Crippen LogP contribution in [0, 0.1) is 11.6 Å². The quantitative estimate of drug-likeness (QED) is 0.709. The van der Waals surface area contributed by atoms with E-state index in [1.54, 1.807) is 0 Å². The second-order valence-electron chi connectivity index (χ2n) is 3.53. The number of urea groups is 1. The molecule has 0 heterocycles. The number of hydrogen-bond acceptors (Lipinski definition) is 3. The van der Waals surface area contributed by atoms with Crippen molar-refractivity contribution in [2.45, 2.75) is 13.0 Å². The molecular weight excluding hydrogens is 260 g/mol. The van der Waals surface area contributed by atoms with E-state index in [4.69, 9.17) is 4.74 Å². The van der Waals surface area contributed by atoms with Crippen molar-refractivity contribution in [2.24, 2.45) is 0 Å². The van der Waals surface area contributed by atoms with Crippen LogP contribution in [-0.2, 0) is 4.79 Å². The Morgan fingerprint density at radius 1 is 1.21 bits per heavy atom. The monoisotopic (exact) mass is 273 g/mol. The van der Waals surface area contributed by atoms with E-state index < -0.39 is 29.7 Å². The van der Waals surface area contributed by atoms with E-state index in [1.807, 2.05) is 0 Å². The molecule has 1 aromatic rings. The summed E-state index contributed by atoms with van der Waals surface area (Å²) in [5.74, 6) is -2.73. The number of hydrazine groups is 1. The molecule has 0 radical (unpaired) electrons. The Labute approximate surface area is 108 Å². The Kier molecular flexibility index (Phi) is 5.04. The molecular formula is C11H13F2N3O3. The van der Waals surface area contributed by atoms with Crippen LogP contribution in [-0.4, -0.2) is 25.1 Å². The minimum absolute atomic E-state index is 0.00138. The summed E-state index contributed by atoms with van der Waals surface area (Å²) in [6.45, 7) is 1.39. The molecule has 19 heavy (non-hydrogen) atoms. The van der Waals surface area contributed by atoms with Crippen LogP contribution in [0.2, 0.25) is 0 Å². The molecule has 0 aromatic heterocycles. The van der Waals surface area contributed by atoms with Gasteiger partial charge in [0, 0.05) is 13.1 Å². The average molecular weight is 273 g/mol. The summed E-state index contributed by atoms with van der Waals surface area (Å²) >= 11 is 0. The maximum atomic E-state index is 12.9. The molecule has 0 fully saturated rings. The molecule has 0 saturated carbocycles. The van der Waals surface area contributed by atoms with E-state index in [2.05, 4.69) is 16.2 Å². The maximum absolute atomic E-state index is 12.9. The van der Waals surface area contributed by atoms with Gasteiger partial charge < -0.3 is 10.1 Å². The van der Waals surface area contributed by atoms with Crippen molar-refractivity contribution in [1.29, 1.82) is 0 Å². The van der Waals surface area contributed by atoms with Crippen molar-refractivity contribution >= 4 is 11.9 Å². The lowest BCUT2D eigenvalue weighted by molar-refractivity contribution is -0.128. The molecule has 1 aromatic carbocycles. The number of nitrogens with one attached hydrogen (secondary N) is 3. The molecule has 6 nitrogen and oxygen atoms in total. The lowest BCUT2D eigenvalue weighted by Crippen LogP contribution is -2.49. The lowest BCUT2D eigenvalue weighted by atomic mass is 10.3. The summed E-state index contributed by atoms with van der Waals surface area (Å²) in [5.41, 5.74) is 4.14. The van der Waals surface area contributed by atoms with Crippen molar-refractivity contribution in [1.82, 2.24) is 16.2 Å². The second kappa shape index (κ2) is 6.53. The third kappa shape index (κ3) is 4.41. The number of benzene rings is 1. The summed E-state index contributed by atoms with van der Waals surface area (Å²) in [6.07, 6.45) is -0.998. The zero-order valence-electron chi connectivity index (χ0n) is 10.3. The van der Waals surface area contributed by atoms with Gasteiger partial charge in [0.25, 0.3) is 5.91 Å². The van der Waals surface area contributed by atoms with Crippen molar-refractivity contribution in [3.05, 3.63) is 29.8 Å². The van der Waals surface area contributed by atoms with Crippen molar-refractivity contribution in [2.75, 3.05) is 7.05 Å². The highest BCUT2D eigenvalue weighted by molar-refractivity contribution is 5.83. The molecule has 0 spiro atoms. The highest BCUT2D eigenvalue weighted by Gasteiger charge is 2.15. The highest BCUT2D eigenvalue weighted by atomic mass is 19.2. The van der Waals surface area contributed by atoms with Gasteiger partial charge in [-0.15, -0.1) is 0 Å². The summed E-state index contributed by atoms with van der Waals surface area (Å²) < 4.78 is 30.7. The fourth-order valence-corrected chi connectivity index (χ4v) is 1.09. The van der Waals surface area contributed by atoms with Crippen LogP contribution in [0.15, 0.2) is 18.2 Å². The van der Waals surface area contributed by atoms with Gasteiger partial charge in [0.1, 0.15) is 5.75 Å². The molecule has 3 amide bonds. The van der Waals surface area contributed by atoms with E-state index in [1.165, 1.54) is 20.0 Å². The molecule has 104 valence electrons. The summed E-state index contributed by atoms with van der Waals surface area (Å²) in [7, 11) is 1.38. The first-order valence-electron chi connectivity index (χ1n) is 5.33. The first kappa shape index (κ1) is 14.7. The first-order valence-corrected chi connectivity index (χ1v) is 5.33. The molecule has 0 aliphatic heterocycles. The third-order valence-electron chi connectivity index (χ3n) is 2.10. The zero-order valence-corrected chi connectivity index (χ0v) is 10.3. The number of halogens is 2. The minimum Gasteiger partial charge on any atom is -0.481 e. The van der Waals surface area contributed by atoms with Gasteiger partial charge in [0.05, 0.1) is 0 Å². The molecule has 1 rings (SSSR count). The van der Waals surface area contributed by atoms with Crippen LogP contribution in [0.4, 0.5) is 13.6 Å². The highest BCUT2D eigenvalue weighted by Crippen LogP contribution is 2.16. The molecule has 0 saturated heterocycles. The van der Waals surface area contributed by atoms with Crippen LogP contribution >= 0.6 is 0 Å². The Bertz CT molecular complexity index is 482. The van der Waals surface area contributed by atoms with Crippen LogP contribution in [0.25, 0.3) is 0 Å². The molecule has 3 N–H and O–H groups in total. The molecule has 0 aliphatic rings. The van der Waals surface area contributed by atoms with E-state index in [0.717, 1.165) is 12.1 Å². The Morgan fingerprint density at radius 2 is 1.89 bits per heavy atom. The number of carbonyl (C=O) groups is 2. The van der Waals surface area contributed by atoms with Crippen LogP contribution in [0.1, 0.15) is 6.92 Å². The Balaban J connectivity index is 2.53. The number of ether oxygens (including phenoxy) is 1. The van der Waals surface area contributed by atoms with E-state index in [-0.39, 0.29) is 5.75 Å². The molecule has 0 aliphatic carbocycles. The van der Waals surface area contributed by atoms with Crippen LogP contribution in [0.3, 0.4) is 0 Å². The van der Waals surface area contributed by atoms with Crippen molar-refractivity contribution in [3.63, 3.8) is 0 Å². The van der Waals surface area contributed by atoms with E-state index >= 15 is 0 Å². The zero-order chi connectivity index (χ0) is 14.4. The molecule has 1 atom stereocenters. The summed E-state index contributed by atoms with van der Waals surface area (Å²) in [6, 6.07) is 2.30. The number of hydrogen-bond donors (Lipinski definition) is 3. The van der Waals surface area contributed by atoms with Gasteiger partial charge in [-0.2, -0.15) is 0 Å². The summed E-state index contributed by atoms with van der Waals surface area (Å²) in [5, 5.41) is 2.23. The number of rotatable bonds is 3. The molecule has 0 bridgehead atoms. The predicted molar refractivity (Wildman–Crippen MR) is 62.2 cm³/mol. The van der Waals surface area contributed by atoms with Crippen LogP contribution < -0.4 is 20.9 Å². The Hall–Kier alpha value is -2.38. The minimum atomic E-state index is -1.08. The number of amides is 3. The van der Waals surface area contributed by atoms with Gasteiger partial charge in [0.15, 0.2) is 17.7 Å². The predicted octanol–water partition coefficient (Wildman–Crippen LogP) is 0.692. The largest absolute Gasteiger partial charge is 0.481 e. The fraction of sp³-hybridized carbons (Fsp3) is 0.273.